The molecule has 1 aromatic heterocycles. The second-order valence-electron chi connectivity index (χ2n) is 5.50. The van der Waals surface area contributed by atoms with Crippen molar-refractivity contribution < 1.29 is 4.74 Å². The number of hydrogen-bond donors (Lipinski definition) is 1. The monoisotopic (exact) mass is 466 g/mol. The molecule has 1 heterocycles. The molecule has 0 aliphatic rings. The van der Waals surface area contributed by atoms with Gasteiger partial charge in [0.1, 0.15) is 12.4 Å². The van der Waals surface area contributed by atoms with Crippen molar-refractivity contribution in [3.8, 4) is 5.75 Å². The van der Waals surface area contributed by atoms with Crippen LogP contribution in [0.3, 0.4) is 0 Å². The van der Waals surface area contributed by atoms with Gasteiger partial charge >= 0.3 is 0 Å². The summed E-state index contributed by atoms with van der Waals surface area (Å²) in [5.74, 6) is 1.43. The van der Waals surface area contributed by atoms with Gasteiger partial charge in [-0.1, -0.05) is 27.5 Å². The summed E-state index contributed by atoms with van der Waals surface area (Å²) in [5.41, 5.74) is 0.806. The Hall–Kier alpha value is -2.03. The van der Waals surface area contributed by atoms with E-state index in [1.165, 1.54) is 11.8 Å². The number of benzene rings is 2. The van der Waals surface area contributed by atoms with Gasteiger partial charge in [-0.3, -0.25) is 9.36 Å². The highest BCUT2D eigenvalue weighted by atomic mass is 79.9. The van der Waals surface area contributed by atoms with Gasteiger partial charge in [-0.2, -0.15) is 0 Å². The minimum Gasteiger partial charge on any atom is -0.487 e. The minimum atomic E-state index is -0.243. The first-order valence-corrected chi connectivity index (χ1v) is 10.5. The van der Waals surface area contributed by atoms with Crippen LogP contribution >= 0.6 is 39.3 Å². The van der Waals surface area contributed by atoms with E-state index < -0.39 is 0 Å². The summed E-state index contributed by atoms with van der Waals surface area (Å²) in [6.45, 7) is 0.0282. The summed E-state index contributed by atoms with van der Waals surface area (Å²) < 4.78 is 8.14. The lowest BCUT2D eigenvalue weighted by Gasteiger charge is -2.13. The van der Waals surface area contributed by atoms with E-state index in [-0.39, 0.29) is 17.9 Å². The fourth-order valence-electron chi connectivity index (χ4n) is 2.23. The van der Waals surface area contributed by atoms with E-state index in [1.807, 2.05) is 30.5 Å². The van der Waals surface area contributed by atoms with Crippen molar-refractivity contribution in [1.29, 1.82) is 0 Å². The van der Waals surface area contributed by atoms with Crippen LogP contribution in [0, 0.1) is 0 Å². The third-order valence-corrected chi connectivity index (χ3v) is 4.86. The van der Waals surface area contributed by atoms with Gasteiger partial charge in [-0.25, -0.2) is 0 Å². The predicted molar refractivity (Wildman–Crippen MR) is 113 cm³/mol. The number of halogens is 2. The highest BCUT2D eigenvalue weighted by Gasteiger charge is 2.13. The molecule has 27 heavy (non-hydrogen) atoms. The van der Waals surface area contributed by atoms with E-state index in [4.69, 9.17) is 16.3 Å². The van der Waals surface area contributed by atoms with Crippen LogP contribution < -0.4 is 15.6 Å². The average Bonchev–Trinajstić information content (AvgIpc) is 2.67. The molecular weight excluding hydrogens is 452 g/mol. The van der Waals surface area contributed by atoms with E-state index in [0.717, 1.165) is 10.2 Å². The van der Waals surface area contributed by atoms with Gasteiger partial charge in [0, 0.05) is 15.2 Å². The molecule has 0 aliphatic carbocycles. The highest BCUT2D eigenvalue weighted by molar-refractivity contribution is 9.10. The van der Waals surface area contributed by atoms with E-state index in [0.29, 0.717) is 22.6 Å². The maximum Gasteiger partial charge on any atom is 0.281 e. The van der Waals surface area contributed by atoms with E-state index >= 15 is 0 Å². The topological polar surface area (TPSA) is 69.0 Å². The molecule has 2 aromatic carbocycles. The highest BCUT2D eigenvalue weighted by Crippen LogP contribution is 2.19. The Morgan fingerprint density at radius 1 is 1.15 bits per heavy atom. The van der Waals surface area contributed by atoms with Crippen LogP contribution in [0.5, 0.6) is 5.75 Å². The number of hydrogen-bond acceptors (Lipinski definition) is 6. The summed E-state index contributed by atoms with van der Waals surface area (Å²) >= 11 is 10.8. The lowest BCUT2D eigenvalue weighted by molar-refractivity contribution is 0.296. The van der Waals surface area contributed by atoms with Crippen LogP contribution in [0.1, 0.15) is 5.69 Å². The SMILES string of the molecule is CSCn1c(Nc2ccc(Br)cc2)nnc(COc2ccc(Cl)cc2)c1=O. The standard InChI is InChI=1S/C18H16BrClN4O2S/c1-27-11-24-17(25)16(10-26-15-8-4-13(20)5-9-15)22-23-18(24)21-14-6-2-12(19)3-7-14/h2-9H,10-11H2,1H3,(H,21,23). The zero-order valence-electron chi connectivity index (χ0n) is 14.4. The molecule has 3 rings (SSSR count). The number of aromatic nitrogens is 3. The Balaban J connectivity index is 1.82. The van der Waals surface area contributed by atoms with Crippen molar-refractivity contribution in [2.24, 2.45) is 0 Å². The molecule has 0 fully saturated rings. The van der Waals surface area contributed by atoms with E-state index in [2.05, 4.69) is 31.4 Å². The molecule has 0 saturated heterocycles. The number of anilines is 2. The van der Waals surface area contributed by atoms with Gasteiger partial charge in [0.15, 0.2) is 5.69 Å². The molecule has 0 saturated carbocycles. The molecule has 140 valence electrons. The van der Waals surface area contributed by atoms with Gasteiger partial charge in [0.05, 0.1) is 5.88 Å². The molecule has 0 atom stereocenters. The summed E-state index contributed by atoms with van der Waals surface area (Å²) in [7, 11) is 0. The number of thioether (sulfide) groups is 1. The van der Waals surface area contributed by atoms with Crippen LogP contribution in [-0.2, 0) is 12.5 Å². The molecule has 1 N–H and O–H groups in total. The van der Waals surface area contributed by atoms with Crippen molar-refractivity contribution in [3.63, 3.8) is 0 Å². The largest absolute Gasteiger partial charge is 0.487 e. The zero-order valence-corrected chi connectivity index (χ0v) is 17.5. The molecule has 0 spiro atoms. The van der Waals surface area contributed by atoms with Gasteiger partial charge in [0.2, 0.25) is 5.95 Å². The van der Waals surface area contributed by atoms with Crippen molar-refractivity contribution >= 4 is 50.9 Å². The Kier molecular flexibility index (Phi) is 6.76. The molecule has 0 unspecified atom stereocenters. The molecule has 0 amide bonds. The lowest BCUT2D eigenvalue weighted by atomic mass is 10.3. The summed E-state index contributed by atoms with van der Waals surface area (Å²) in [6, 6.07) is 14.5. The molecular formula is C18H16BrClN4O2S. The van der Waals surface area contributed by atoms with Crippen molar-refractivity contribution in [2.45, 2.75) is 12.5 Å². The van der Waals surface area contributed by atoms with Gasteiger partial charge in [-0.15, -0.1) is 22.0 Å². The van der Waals surface area contributed by atoms with Crippen LogP contribution in [0.15, 0.2) is 57.8 Å². The second-order valence-corrected chi connectivity index (χ2v) is 7.68. The first-order valence-electron chi connectivity index (χ1n) is 7.93. The first kappa shape index (κ1) is 19.7. The Bertz CT molecular complexity index is 965. The lowest BCUT2D eigenvalue weighted by Crippen LogP contribution is -2.29. The summed E-state index contributed by atoms with van der Waals surface area (Å²) in [6.07, 6.45) is 1.92. The van der Waals surface area contributed by atoms with Gasteiger partial charge < -0.3 is 10.1 Å². The quantitative estimate of drug-likeness (QED) is 0.543. The van der Waals surface area contributed by atoms with E-state index in [9.17, 15) is 4.79 Å². The zero-order chi connectivity index (χ0) is 19.2. The molecule has 3 aromatic rings. The predicted octanol–water partition coefficient (Wildman–Crippen LogP) is 4.70. The number of nitrogens with one attached hydrogen (secondary N) is 1. The van der Waals surface area contributed by atoms with Crippen LogP contribution in [0.25, 0.3) is 0 Å². The fraction of sp³-hybridized carbons (Fsp3) is 0.167. The van der Waals surface area contributed by atoms with Gasteiger partial charge in [0.25, 0.3) is 5.56 Å². The Morgan fingerprint density at radius 3 is 2.52 bits per heavy atom. The van der Waals surface area contributed by atoms with Crippen molar-refractivity contribution in [2.75, 3.05) is 11.6 Å². The fourth-order valence-corrected chi connectivity index (χ4v) is 3.12. The van der Waals surface area contributed by atoms with Crippen molar-refractivity contribution in [1.82, 2.24) is 14.8 Å². The third-order valence-electron chi connectivity index (χ3n) is 3.56. The number of nitrogens with zero attached hydrogens (tertiary/aromatic N) is 3. The van der Waals surface area contributed by atoms with Crippen LogP contribution in [0.2, 0.25) is 5.02 Å². The smallest absolute Gasteiger partial charge is 0.281 e. The maximum atomic E-state index is 12.8. The third kappa shape index (κ3) is 5.24. The second kappa shape index (κ2) is 9.25. The van der Waals surface area contributed by atoms with Gasteiger partial charge in [-0.05, 0) is 54.8 Å². The molecule has 0 bridgehead atoms. The molecule has 9 heteroatoms. The maximum absolute atomic E-state index is 12.8. The van der Waals surface area contributed by atoms with Crippen molar-refractivity contribution in [3.05, 3.63) is 74.1 Å². The molecule has 6 nitrogen and oxygen atoms in total. The van der Waals surface area contributed by atoms with Crippen LogP contribution in [-0.4, -0.2) is 21.0 Å². The first-order chi connectivity index (χ1) is 13.1. The minimum absolute atomic E-state index is 0.0282. The Morgan fingerprint density at radius 2 is 1.85 bits per heavy atom. The molecule has 0 radical (unpaired) electrons. The van der Waals surface area contributed by atoms with E-state index in [1.54, 1.807) is 28.8 Å². The normalized spacial score (nSPS) is 10.6. The number of ether oxygens (including phenoxy) is 1. The summed E-state index contributed by atoms with van der Waals surface area (Å²) in [4.78, 5) is 12.8. The summed E-state index contributed by atoms with van der Waals surface area (Å²) in [5, 5.41) is 12.0. The average molecular weight is 468 g/mol. The number of rotatable bonds is 7. The Labute approximate surface area is 174 Å². The van der Waals surface area contributed by atoms with Crippen LogP contribution in [0.4, 0.5) is 11.6 Å². The molecule has 0 aliphatic heterocycles.